The zero-order valence-corrected chi connectivity index (χ0v) is 11.3. The average Bonchev–Trinajstić information content (AvgIpc) is 2.39. The number of benzene rings is 1. The van der Waals surface area contributed by atoms with Crippen molar-refractivity contribution in [1.82, 2.24) is 10.3 Å². The third-order valence-electron chi connectivity index (χ3n) is 3.07. The van der Waals surface area contributed by atoms with Crippen LogP contribution >= 0.6 is 11.6 Å². The van der Waals surface area contributed by atoms with E-state index in [1.54, 1.807) is 6.20 Å². The fourth-order valence-corrected chi connectivity index (χ4v) is 2.32. The largest absolute Gasteiger partial charge is 0.387 e. The Bertz CT molecular complexity index is 544. The lowest BCUT2D eigenvalue weighted by Gasteiger charge is -2.21. The SMILES string of the molecule is CCNC(C)C(O)c1ccc(Cl)c2cccnc12. The molecule has 0 radical (unpaired) electrons. The molecule has 3 nitrogen and oxygen atoms in total. The Balaban J connectivity index is 2.48. The molecule has 2 aromatic rings. The van der Waals surface area contributed by atoms with E-state index >= 15 is 0 Å². The van der Waals surface area contributed by atoms with Crippen molar-refractivity contribution >= 4 is 22.5 Å². The summed E-state index contributed by atoms with van der Waals surface area (Å²) in [7, 11) is 0. The topological polar surface area (TPSA) is 45.1 Å². The number of nitrogens with zero attached hydrogens (tertiary/aromatic N) is 1. The number of pyridine rings is 1. The molecule has 0 aliphatic rings. The smallest absolute Gasteiger partial charge is 0.0961 e. The van der Waals surface area contributed by atoms with Crippen molar-refractivity contribution in [2.45, 2.75) is 26.0 Å². The third-order valence-corrected chi connectivity index (χ3v) is 3.40. The first kappa shape index (κ1) is 13.3. The quantitative estimate of drug-likeness (QED) is 0.893. The van der Waals surface area contributed by atoms with Crippen LogP contribution in [0.4, 0.5) is 0 Å². The molecule has 1 aromatic heterocycles. The van der Waals surface area contributed by atoms with Crippen LogP contribution in [0.2, 0.25) is 5.02 Å². The molecule has 0 saturated heterocycles. The second kappa shape index (κ2) is 5.65. The zero-order valence-electron chi connectivity index (χ0n) is 10.5. The first-order valence-electron chi connectivity index (χ1n) is 6.09. The van der Waals surface area contributed by atoms with E-state index in [1.165, 1.54) is 0 Å². The van der Waals surface area contributed by atoms with Crippen molar-refractivity contribution in [3.8, 4) is 0 Å². The highest BCUT2D eigenvalue weighted by Gasteiger charge is 2.19. The van der Waals surface area contributed by atoms with E-state index in [0.717, 1.165) is 23.0 Å². The number of fused-ring (bicyclic) bond motifs is 1. The fraction of sp³-hybridized carbons (Fsp3) is 0.357. The first-order valence-corrected chi connectivity index (χ1v) is 6.47. The summed E-state index contributed by atoms with van der Waals surface area (Å²) in [5.74, 6) is 0. The molecule has 1 aromatic carbocycles. The number of aromatic nitrogens is 1. The summed E-state index contributed by atoms with van der Waals surface area (Å²) in [6, 6.07) is 7.39. The lowest BCUT2D eigenvalue weighted by atomic mass is 10.00. The van der Waals surface area contributed by atoms with E-state index in [9.17, 15) is 5.11 Å². The molecule has 0 bridgehead atoms. The van der Waals surface area contributed by atoms with E-state index in [2.05, 4.69) is 10.3 Å². The molecule has 2 atom stereocenters. The first-order chi connectivity index (χ1) is 8.65. The second-order valence-electron chi connectivity index (χ2n) is 4.33. The van der Waals surface area contributed by atoms with Crippen molar-refractivity contribution in [3.05, 3.63) is 41.0 Å². The molecular weight excluding hydrogens is 248 g/mol. The van der Waals surface area contributed by atoms with Crippen LogP contribution < -0.4 is 5.32 Å². The van der Waals surface area contributed by atoms with Crippen LogP contribution in [0.5, 0.6) is 0 Å². The Morgan fingerprint density at radius 2 is 2.17 bits per heavy atom. The molecule has 2 rings (SSSR count). The summed E-state index contributed by atoms with van der Waals surface area (Å²) < 4.78 is 0. The van der Waals surface area contributed by atoms with Crippen LogP contribution in [0.1, 0.15) is 25.5 Å². The molecule has 0 spiro atoms. The number of aliphatic hydroxyl groups excluding tert-OH is 1. The summed E-state index contributed by atoms with van der Waals surface area (Å²) in [5, 5.41) is 15.1. The molecule has 96 valence electrons. The zero-order chi connectivity index (χ0) is 13.1. The Morgan fingerprint density at radius 3 is 2.89 bits per heavy atom. The Hall–Kier alpha value is -1.16. The van der Waals surface area contributed by atoms with Gasteiger partial charge in [0.15, 0.2) is 0 Å². The van der Waals surface area contributed by atoms with Gasteiger partial charge in [0, 0.05) is 28.2 Å². The van der Waals surface area contributed by atoms with Crippen LogP contribution in [-0.4, -0.2) is 22.7 Å². The van der Waals surface area contributed by atoms with E-state index < -0.39 is 6.10 Å². The van der Waals surface area contributed by atoms with Gasteiger partial charge in [0.05, 0.1) is 11.6 Å². The third kappa shape index (κ3) is 2.48. The van der Waals surface area contributed by atoms with Gasteiger partial charge in [0.2, 0.25) is 0 Å². The van der Waals surface area contributed by atoms with Gasteiger partial charge in [-0.1, -0.05) is 24.6 Å². The maximum absolute atomic E-state index is 10.4. The number of rotatable bonds is 4. The van der Waals surface area contributed by atoms with Crippen LogP contribution in [0.3, 0.4) is 0 Å². The lowest BCUT2D eigenvalue weighted by molar-refractivity contribution is 0.138. The van der Waals surface area contributed by atoms with Crippen LogP contribution in [0, 0.1) is 0 Å². The van der Waals surface area contributed by atoms with Gasteiger partial charge < -0.3 is 10.4 Å². The van der Waals surface area contributed by atoms with Gasteiger partial charge in [-0.15, -0.1) is 0 Å². The van der Waals surface area contributed by atoms with Gasteiger partial charge in [-0.3, -0.25) is 4.98 Å². The second-order valence-corrected chi connectivity index (χ2v) is 4.73. The number of halogens is 1. The van der Waals surface area contributed by atoms with Crippen molar-refractivity contribution in [2.75, 3.05) is 6.54 Å². The maximum Gasteiger partial charge on any atom is 0.0961 e. The highest BCUT2D eigenvalue weighted by atomic mass is 35.5. The standard InChI is InChI=1S/C14H17ClN2O/c1-3-16-9(2)14(18)11-6-7-12(15)10-5-4-8-17-13(10)11/h4-9,14,16,18H,3H2,1-2H3. The molecule has 0 aliphatic carbocycles. The Kier molecular flexibility index (Phi) is 4.17. The van der Waals surface area contributed by atoms with E-state index in [4.69, 9.17) is 11.6 Å². The normalized spacial score (nSPS) is 14.7. The number of hydrogen-bond acceptors (Lipinski definition) is 3. The minimum absolute atomic E-state index is 0.0265. The number of likely N-dealkylation sites (N-methyl/N-ethyl adjacent to an activating group) is 1. The van der Waals surface area contributed by atoms with Gasteiger partial charge in [0.1, 0.15) is 0 Å². The van der Waals surface area contributed by atoms with Crippen LogP contribution in [0.15, 0.2) is 30.5 Å². The molecular formula is C14H17ClN2O. The van der Waals surface area contributed by atoms with Gasteiger partial charge in [-0.25, -0.2) is 0 Å². The van der Waals surface area contributed by atoms with Crippen LogP contribution in [0.25, 0.3) is 10.9 Å². The highest BCUT2D eigenvalue weighted by Crippen LogP contribution is 2.29. The van der Waals surface area contributed by atoms with Crippen LogP contribution in [-0.2, 0) is 0 Å². The molecule has 1 heterocycles. The average molecular weight is 265 g/mol. The molecule has 4 heteroatoms. The van der Waals surface area contributed by atoms with E-state index in [-0.39, 0.29) is 6.04 Å². The van der Waals surface area contributed by atoms with Crippen molar-refractivity contribution in [3.63, 3.8) is 0 Å². The Labute approximate surface area is 112 Å². The minimum atomic E-state index is -0.598. The molecule has 0 amide bonds. The van der Waals surface area contributed by atoms with Crippen molar-refractivity contribution in [2.24, 2.45) is 0 Å². The monoisotopic (exact) mass is 264 g/mol. The van der Waals surface area contributed by atoms with Crippen molar-refractivity contribution < 1.29 is 5.11 Å². The lowest BCUT2D eigenvalue weighted by Crippen LogP contribution is -2.32. The minimum Gasteiger partial charge on any atom is -0.387 e. The predicted octanol–water partition coefficient (Wildman–Crippen LogP) is 2.92. The fourth-order valence-electron chi connectivity index (χ4n) is 2.10. The molecule has 18 heavy (non-hydrogen) atoms. The van der Waals surface area contributed by atoms with Crippen molar-refractivity contribution in [1.29, 1.82) is 0 Å². The summed E-state index contributed by atoms with van der Waals surface area (Å²) in [5.41, 5.74) is 1.57. The molecule has 2 N–H and O–H groups in total. The summed E-state index contributed by atoms with van der Waals surface area (Å²) in [6.45, 7) is 4.79. The van der Waals surface area contributed by atoms with E-state index in [1.807, 2.05) is 38.1 Å². The Morgan fingerprint density at radius 1 is 1.39 bits per heavy atom. The highest BCUT2D eigenvalue weighted by molar-refractivity contribution is 6.35. The molecule has 0 aliphatic heterocycles. The summed E-state index contributed by atoms with van der Waals surface area (Å²) >= 11 is 6.14. The van der Waals surface area contributed by atoms with Gasteiger partial charge in [-0.05, 0) is 31.7 Å². The van der Waals surface area contributed by atoms with Gasteiger partial charge in [0.25, 0.3) is 0 Å². The maximum atomic E-state index is 10.4. The van der Waals surface area contributed by atoms with Gasteiger partial charge in [-0.2, -0.15) is 0 Å². The van der Waals surface area contributed by atoms with E-state index in [0.29, 0.717) is 5.02 Å². The number of aliphatic hydroxyl groups is 1. The molecule has 0 saturated carbocycles. The molecule has 2 unspecified atom stereocenters. The predicted molar refractivity (Wildman–Crippen MR) is 74.9 cm³/mol. The summed E-state index contributed by atoms with van der Waals surface area (Å²) in [6.07, 6.45) is 1.12. The van der Waals surface area contributed by atoms with Gasteiger partial charge >= 0.3 is 0 Å². The number of nitrogens with one attached hydrogen (secondary N) is 1. The number of hydrogen-bond donors (Lipinski definition) is 2. The summed E-state index contributed by atoms with van der Waals surface area (Å²) in [4.78, 5) is 4.33. The molecule has 0 fully saturated rings.